The fourth-order valence-electron chi connectivity index (χ4n) is 0.613. The van der Waals surface area contributed by atoms with Gasteiger partial charge in [-0.15, -0.1) is 0 Å². The van der Waals surface area contributed by atoms with Crippen molar-refractivity contribution in [2.45, 2.75) is 26.3 Å². The Balaban J connectivity index is 3.57. The summed E-state index contributed by atoms with van der Waals surface area (Å²) in [6, 6.07) is -0.513. The molecule has 72 valence electrons. The van der Waals surface area contributed by atoms with Crippen LogP contribution in [-0.2, 0) is 9.53 Å². The van der Waals surface area contributed by atoms with Gasteiger partial charge in [0.15, 0.2) is 0 Å². The summed E-state index contributed by atoms with van der Waals surface area (Å²) in [6.45, 7) is 4.41. The highest BCUT2D eigenvalue weighted by molar-refractivity contribution is 7.80. The number of ether oxygens (including phenoxy) is 1. The molecule has 2 N–H and O–H groups in total. The van der Waals surface area contributed by atoms with Crippen LogP contribution in [-0.4, -0.2) is 24.4 Å². The van der Waals surface area contributed by atoms with Gasteiger partial charge in [-0.05, 0) is 18.1 Å². The molecule has 0 bridgehead atoms. The predicted molar refractivity (Wildman–Crippen MR) is 52.2 cm³/mol. The fourth-order valence-corrected chi connectivity index (χ4v) is 0.891. The molecule has 0 aromatic carbocycles. The molecule has 0 rings (SSSR count). The van der Waals surface area contributed by atoms with E-state index >= 15 is 0 Å². The van der Waals surface area contributed by atoms with Crippen molar-refractivity contribution in [3.05, 3.63) is 0 Å². The van der Waals surface area contributed by atoms with Crippen LogP contribution in [0.1, 0.15) is 20.3 Å². The summed E-state index contributed by atoms with van der Waals surface area (Å²) in [5.41, 5.74) is 5.49. The maximum Gasteiger partial charge on any atom is 0.322 e. The minimum Gasteiger partial charge on any atom is -0.464 e. The van der Waals surface area contributed by atoms with Gasteiger partial charge in [0.05, 0.1) is 6.61 Å². The Hall–Kier alpha value is -0.220. The van der Waals surface area contributed by atoms with Crippen LogP contribution >= 0.6 is 12.6 Å². The van der Waals surface area contributed by atoms with Crippen molar-refractivity contribution < 1.29 is 9.53 Å². The van der Waals surface area contributed by atoms with Crippen molar-refractivity contribution in [1.29, 1.82) is 0 Å². The molecule has 0 aromatic rings. The lowest BCUT2D eigenvalue weighted by molar-refractivity contribution is -0.146. The molecule has 0 aliphatic carbocycles. The largest absolute Gasteiger partial charge is 0.464 e. The van der Waals surface area contributed by atoms with Crippen molar-refractivity contribution in [1.82, 2.24) is 0 Å². The van der Waals surface area contributed by atoms with Gasteiger partial charge in [-0.3, -0.25) is 4.79 Å². The van der Waals surface area contributed by atoms with Gasteiger partial charge in [0.1, 0.15) is 6.04 Å². The highest BCUT2D eigenvalue weighted by Crippen LogP contribution is 1.97. The molecule has 0 aliphatic rings. The number of esters is 1. The highest BCUT2D eigenvalue weighted by atomic mass is 32.1. The second kappa shape index (κ2) is 6.31. The quantitative estimate of drug-likeness (QED) is 0.500. The van der Waals surface area contributed by atoms with Crippen molar-refractivity contribution >= 4 is 18.6 Å². The van der Waals surface area contributed by atoms with E-state index in [1.165, 1.54) is 0 Å². The summed E-state index contributed by atoms with van der Waals surface area (Å²) in [5.74, 6) is 0.646. The first-order valence-corrected chi connectivity index (χ1v) is 4.74. The van der Waals surface area contributed by atoms with Crippen LogP contribution in [0, 0.1) is 5.92 Å². The Morgan fingerprint density at radius 2 is 2.17 bits per heavy atom. The molecular formula is C8H17NO2S. The lowest BCUT2D eigenvalue weighted by Gasteiger charge is -2.11. The Morgan fingerprint density at radius 1 is 1.58 bits per heavy atom. The predicted octanol–water partition coefficient (Wildman–Crippen LogP) is 0.833. The first-order valence-electron chi connectivity index (χ1n) is 4.11. The third-order valence-electron chi connectivity index (χ3n) is 1.30. The molecule has 0 radical (unpaired) electrons. The Kier molecular flexibility index (Phi) is 6.20. The number of hydrogen-bond donors (Lipinski definition) is 2. The van der Waals surface area contributed by atoms with Crippen LogP contribution < -0.4 is 5.73 Å². The average Bonchev–Trinajstić information content (AvgIpc) is 2.00. The molecule has 0 aliphatic heterocycles. The molecule has 0 spiro atoms. The van der Waals surface area contributed by atoms with Crippen LogP contribution in [0.25, 0.3) is 0 Å². The zero-order chi connectivity index (χ0) is 9.56. The third kappa shape index (κ3) is 5.43. The standard InChI is InChI=1S/C8H17NO2S/c1-6(2)5-11-8(10)7(9)3-4-12/h6-7,12H,3-5,9H2,1-2H3. The molecule has 0 saturated heterocycles. The normalized spacial score (nSPS) is 13.1. The molecule has 0 aromatic heterocycles. The van der Waals surface area contributed by atoms with Gasteiger partial charge < -0.3 is 10.5 Å². The van der Waals surface area contributed by atoms with E-state index < -0.39 is 6.04 Å². The van der Waals surface area contributed by atoms with E-state index in [4.69, 9.17) is 10.5 Å². The molecule has 0 saturated carbocycles. The maximum atomic E-state index is 11.1. The topological polar surface area (TPSA) is 52.3 Å². The number of hydrogen-bond acceptors (Lipinski definition) is 4. The van der Waals surface area contributed by atoms with Crippen LogP contribution in [0.5, 0.6) is 0 Å². The summed E-state index contributed by atoms with van der Waals surface area (Å²) in [4.78, 5) is 11.1. The van der Waals surface area contributed by atoms with Gasteiger partial charge in [0.2, 0.25) is 0 Å². The summed E-state index contributed by atoms with van der Waals surface area (Å²) in [6.07, 6.45) is 0.569. The smallest absolute Gasteiger partial charge is 0.322 e. The monoisotopic (exact) mass is 191 g/mol. The van der Waals surface area contributed by atoms with E-state index in [0.29, 0.717) is 24.7 Å². The Bertz CT molecular complexity index is 139. The Labute approximate surface area is 79.1 Å². The third-order valence-corrected chi connectivity index (χ3v) is 1.56. The first-order chi connectivity index (χ1) is 5.57. The van der Waals surface area contributed by atoms with Gasteiger partial charge in [0.25, 0.3) is 0 Å². The van der Waals surface area contributed by atoms with Gasteiger partial charge in [-0.25, -0.2) is 0 Å². The van der Waals surface area contributed by atoms with Crippen molar-refractivity contribution in [2.75, 3.05) is 12.4 Å². The Morgan fingerprint density at radius 3 is 2.58 bits per heavy atom. The van der Waals surface area contributed by atoms with Crippen LogP contribution in [0.3, 0.4) is 0 Å². The lowest BCUT2D eigenvalue weighted by Crippen LogP contribution is -2.33. The van der Waals surface area contributed by atoms with E-state index in [2.05, 4.69) is 12.6 Å². The minimum absolute atomic E-state index is 0.322. The van der Waals surface area contributed by atoms with Gasteiger partial charge in [-0.2, -0.15) is 12.6 Å². The van der Waals surface area contributed by atoms with Gasteiger partial charge >= 0.3 is 5.97 Å². The first kappa shape index (κ1) is 11.8. The van der Waals surface area contributed by atoms with Crippen LogP contribution in [0.4, 0.5) is 0 Å². The van der Waals surface area contributed by atoms with Crippen LogP contribution in [0.15, 0.2) is 0 Å². The summed E-state index contributed by atoms with van der Waals surface area (Å²) >= 11 is 3.98. The van der Waals surface area contributed by atoms with Gasteiger partial charge in [-0.1, -0.05) is 13.8 Å². The summed E-state index contributed by atoms with van der Waals surface area (Å²) < 4.78 is 4.92. The summed E-state index contributed by atoms with van der Waals surface area (Å²) in [5, 5.41) is 0. The number of carbonyl (C=O) groups is 1. The van der Waals surface area contributed by atoms with Crippen LogP contribution in [0.2, 0.25) is 0 Å². The zero-order valence-electron chi connectivity index (χ0n) is 7.62. The zero-order valence-corrected chi connectivity index (χ0v) is 8.51. The molecule has 1 unspecified atom stereocenters. The lowest BCUT2D eigenvalue weighted by atomic mass is 10.2. The van der Waals surface area contributed by atoms with E-state index in [0.717, 1.165) is 0 Å². The molecule has 4 heteroatoms. The maximum absolute atomic E-state index is 11.1. The number of thiol groups is 1. The average molecular weight is 191 g/mol. The molecular weight excluding hydrogens is 174 g/mol. The van der Waals surface area contributed by atoms with Crippen molar-refractivity contribution in [3.8, 4) is 0 Å². The molecule has 12 heavy (non-hydrogen) atoms. The van der Waals surface area contributed by atoms with Crippen molar-refractivity contribution in [3.63, 3.8) is 0 Å². The second-order valence-corrected chi connectivity index (χ2v) is 3.59. The fraction of sp³-hybridized carbons (Fsp3) is 0.875. The second-order valence-electron chi connectivity index (χ2n) is 3.14. The molecule has 3 nitrogen and oxygen atoms in total. The van der Waals surface area contributed by atoms with E-state index in [9.17, 15) is 4.79 Å². The molecule has 0 amide bonds. The SMILES string of the molecule is CC(C)COC(=O)C(N)CCS. The van der Waals surface area contributed by atoms with Crippen molar-refractivity contribution in [2.24, 2.45) is 11.7 Å². The van der Waals surface area contributed by atoms with E-state index in [1.807, 2.05) is 13.8 Å². The highest BCUT2D eigenvalue weighted by Gasteiger charge is 2.13. The number of rotatable bonds is 5. The number of carbonyl (C=O) groups excluding carboxylic acids is 1. The molecule has 0 fully saturated rings. The van der Waals surface area contributed by atoms with Gasteiger partial charge in [0, 0.05) is 0 Å². The minimum atomic E-state index is -0.513. The number of nitrogens with two attached hydrogens (primary N) is 1. The molecule has 0 heterocycles. The molecule has 1 atom stereocenters. The van der Waals surface area contributed by atoms with E-state index in [-0.39, 0.29) is 5.97 Å². The summed E-state index contributed by atoms with van der Waals surface area (Å²) in [7, 11) is 0. The van der Waals surface area contributed by atoms with E-state index in [1.54, 1.807) is 0 Å².